The first kappa shape index (κ1) is 38.4. The molecular weight excluding hydrogens is 476 g/mol. The van der Waals surface area contributed by atoms with E-state index in [0.717, 1.165) is 0 Å². The molecule has 0 atom stereocenters. The molecule has 0 saturated heterocycles. The van der Waals surface area contributed by atoms with Crippen LogP contribution in [0.4, 0.5) is 0 Å². The van der Waals surface area contributed by atoms with Gasteiger partial charge in [-0.3, -0.25) is 0 Å². The molecule has 0 radical (unpaired) electrons. The van der Waals surface area contributed by atoms with Crippen LogP contribution in [-0.4, -0.2) is 11.5 Å². The molecule has 0 N–H and O–H groups in total. The van der Waals surface area contributed by atoms with Crippen molar-refractivity contribution in [2.75, 3.05) is 11.5 Å². The van der Waals surface area contributed by atoms with Crippen LogP contribution in [0.25, 0.3) is 0 Å². The van der Waals surface area contributed by atoms with E-state index >= 15 is 0 Å². The van der Waals surface area contributed by atoms with Gasteiger partial charge in [-0.25, -0.2) is 0 Å². The van der Waals surface area contributed by atoms with E-state index in [0.29, 0.717) is 0 Å². The normalized spacial score (nSPS) is 11.5. The highest BCUT2D eigenvalue weighted by atomic mass is 32.2. The van der Waals surface area contributed by atoms with Crippen LogP contribution < -0.4 is 0 Å². The summed E-state index contributed by atoms with van der Waals surface area (Å²) in [5.41, 5.74) is 0. The molecule has 0 aromatic rings. The van der Waals surface area contributed by atoms with Gasteiger partial charge in [-0.05, 0) is 24.3 Å². The first-order valence-corrected chi connectivity index (χ1v) is 19.6. The number of rotatable bonds is 35. The molecule has 230 valence electrons. The van der Waals surface area contributed by atoms with Crippen molar-refractivity contribution in [1.29, 1.82) is 0 Å². The molecule has 0 saturated carbocycles. The van der Waals surface area contributed by atoms with E-state index in [-0.39, 0.29) is 0 Å². The summed E-state index contributed by atoms with van der Waals surface area (Å²) in [5, 5.41) is 0. The highest BCUT2D eigenvalue weighted by Gasteiger charge is 1.97. The van der Waals surface area contributed by atoms with E-state index in [9.17, 15) is 0 Å². The van der Waals surface area contributed by atoms with Crippen LogP contribution in [0, 0.1) is 0 Å². The van der Waals surface area contributed by atoms with E-state index < -0.39 is 0 Å². The topological polar surface area (TPSA) is 0 Å². The second-order valence-electron chi connectivity index (χ2n) is 12.6. The third-order valence-electron chi connectivity index (χ3n) is 8.53. The van der Waals surface area contributed by atoms with Gasteiger partial charge < -0.3 is 0 Å². The molecule has 0 aliphatic carbocycles. The molecule has 0 aromatic carbocycles. The molecule has 0 aromatic heterocycles. The van der Waals surface area contributed by atoms with Gasteiger partial charge in [0.15, 0.2) is 0 Å². The molecule has 0 rings (SSSR count). The third-order valence-corrected chi connectivity index (χ3v) is 9.69. The number of hydrogen-bond acceptors (Lipinski definition) is 1. The maximum atomic E-state index is 2.31. The van der Waals surface area contributed by atoms with Gasteiger partial charge in [-0.2, -0.15) is 11.8 Å². The SMILES string of the molecule is CCCCCCCCCCCCCCCCCCCCCCCCSCCCCCCCCCCCCC. The fourth-order valence-electron chi connectivity index (χ4n) is 5.78. The van der Waals surface area contributed by atoms with Gasteiger partial charge in [-0.15, -0.1) is 0 Å². The van der Waals surface area contributed by atoms with Crippen LogP contribution in [-0.2, 0) is 0 Å². The van der Waals surface area contributed by atoms with Crippen molar-refractivity contribution in [3.63, 3.8) is 0 Å². The van der Waals surface area contributed by atoms with Gasteiger partial charge in [0.1, 0.15) is 0 Å². The predicted molar refractivity (Wildman–Crippen MR) is 181 cm³/mol. The van der Waals surface area contributed by atoms with Crippen LogP contribution in [0.2, 0.25) is 0 Å². The van der Waals surface area contributed by atoms with Gasteiger partial charge in [0, 0.05) is 0 Å². The first-order valence-electron chi connectivity index (χ1n) is 18.5. The Morgan fingerprint density at radius 3 is 0.553 bits per heavy atom. The molecular formula is C37H76S. The van der Waals surface area contributed by atoms with E-state index in [1.54, 1.807) is 0 Å². The van der Waals surface area contributed by atoms with E-state index in [1.165, 1.54) is 223 Å². The van der Waals surface area contributed by atoms with Gasteiger partial charge in [-0.1, -0.05) is 213 Å². The fourth-order valence-corrected chi connectivity index (χ4v) is 6.80. The molecule has 1 heteroatoms. The zero-order chi connectivity index (χ0) is 27.5. The molecule has 0 aliphatic rings. The van der Waals surface area contributed by atoms with E-state index in [1.807, 2.05) is 0 Å². The zero-order valence-corrected chi connectivity index (χ0v) is 28.0. The van der Waals surface area contributed by atoms with Crippen molar-refractivity contribution in [2.45, 2.75) is 226 Å². The second kappa shape index (κ2) is 37.4. The maximum Gasteiger partial charge on any atom is -0.00675 e. The lowest BCUT2D eigenvalue weighted by atomic mass is 10.0. The molecule has 0 aliphatic heterocycles. The Bertz CT molecular complexity index is 343. The van der Waals surface area contributed by atoms with Crippen molar-refractivity contribution in [1.82, 2.24) is 0 Å². The van der Waals surface area contributed by atoms with Crippen LogP contribution in [0.15, 0.2) is 0 Å². The molecule has 0 nitrogen and oxygen atoms in total. The third kappa shape index (κ3) is 36.4. The smallest absolute Gasteiger partial charge is 0.00675 e. The molecule has 0 fully saturated rings. The Balaban J connectivity index is 3.01. The second-order valence-corrected chi connectivity index (χ2v) is 13.8. The van der Waals surface area contributed by atoms with Crippen LogP contribution >= 0.6 is 11.8 Å². The number of hydrogen-bond donors (Lipinski definition) is 0. The Hall–Kier alpha value is 0.350. The van der Waals surface area contributed by atoms with Crippen molar-refractivity contribution >= 4 is 11.8 Å². The minimum atomic E-state index is 1.37. The summed E-state index contributed by atoms with van der Waals surface area (Å²) in [4.78, 5) is 0. The first-order chi connectivity index (χ1) is 18.9. The maximum absolute atomic E-state index is 2.31. The van der Waals surface area contributed by atoms with Gasteiger partial charge in [0.05, 0.1) is 0 Å². The van der Waals surface area contributed by atoms with Gasteiger partial charge >= 0.3 is 0 Å². The van der Waals surface area contributed by atoms with Crippen LogP contribution in [0.1, 0.15) is 226 Å². The Labute approximate surface area is 248 Å². The summed E-state index contributed by atoms with van der Waals surface area (Å²) in [5.74, 6) is 2.83. The van der Waals surface area contributed by atoms with Crippen molar-refractivity contribution in [3.8, 4) is 0 Å². The molecule has 0 heterocycles. The summed E-state index contributed by atoms with van der Waals surface area (Å²) < 4.78 is 0. The lowest BCUT2D eigenvalue weighted by Gasteiger charge is -2.05. The van der Waals surface area contributed by atoms with Crippen molar-refractivity contribution in [2.24, 2.45) is 0 Å². The average molecular weight is 553 g/mol. The summed E-state index contributed by atoms with van der Waals surface area (Å²) in [6.07, 6.45) is 48.7. The van der Waals surface area contributed by atoms with Crippen molar-refractivity contribution in [3.05, 3.63) is 0 Å². The quantitative estimate of drug-likeness (QED) is 0.0704. The minimum Gasteiger partial charge on any atom is -0.162 e. The Morgan fingerprint density at radius 1 is 0.211 bits per heavy atom. The molecule has 0 amide bonds. The minimum absolute atomic E-state index is 1.37. The fraction of sp³-hybridized carbons (Fsp3) is 1.00. The number of unbranched alkanes of at least 4 members (excludes halogenated alkanes) is 31. The predicted octanol–water partition coefficient (Wildman–Crippen LogP) is 14.6. The molecule has 0 bridgehead atoms. The molecule has 38 heavy (non-hydrogen) atoms. The lowest BCUT2D eigenvalue weighted by Crippen LogP contribution is -1.87. The zero-order valence-electron chi connectivity index (χ0n) is 27.2. The van der Waals surface area contributed by atoms with Crippen molar-refractivity contribution < 1.29 is 0 Å². The summed E-state index contributed by atoms with van der Waals surface area (Å²) in [7, 11) is 0. The standard InChI is InChI=1S/C37H76S/c1-3-5-7-9-11-13-15-16-17-18-19-20-21-22-23-24-25-27-29-31-33-35-37-38-36-34-32-30-28-26-14-12-10-8-6-4-2/h3-37H2,1-2H3. The number of thioether (sulfide) groups is 1. The van der Waals surface area contributed by atoms with Gasteiger partial charge in [0.25, 0.3) is 0 Å². The molecule has 0 unspecified atom stereocenters. The lowest BCUT2D eigenvalue weighted by molar-refractivity contribution is 0.520. The Kier molecular flexibility index (Phi) is 37.7. The Morgan fingerprint density at radius 2 is 0.368 bits per heavy atom. The van der Waals surface area contributed by atoms with Crippen LogP contribution in [0.5, 0.6) is 0 Å². The highest BCUT2D eigenvalue weighted by molar-refractivity contribution is 7.99. The van der Waals surface area contributed by atoms with Gasteiger partial charge in [0.2, 0.25) is 0 Å². The van der Waals surface area contributed by atoms with E-state index in [4.69, 9.17) is 0 Å². The monoisotopic (exact) mass is 553 g/mol. The van der Waals surface area contributed by atoms with E-state index in [2.05, 4.69) is 25.6 Å². The highest BCUT2D eigenvalue weighted by Crippen LogP contribution is 2.17. The summed E-state index contributed by atoms with van der Waals surface area (Å²) in [6.45, 7) is 4.62. The summed E-state index contributed by atoms with van der Waals surface area (Å²) >= 11 is 2.22. The summed E-state index contributed by atoms with van der Waals surface area (Å²) in [6, 6.07) is 0. The largest absolute Gasteiger partial charge is 0.162 e. The van der Waals surface area contributed by atoms with Crippen LogP contribution in [0.3, 0.4) is 0 Å². The average Bonchev–Trinajstić information content (AvgIpc) is 2.93. The molecule has 0 spiro atoms.